The van der Waals surface area contributed by atoms with Crippen LogP contribution < -0.4 is 0 Å². The molecule has 0 saturated heterocycles. The van der Waals surface area contributed by atoms with E-state index < -0.39 is 23.5 Å². The molecule has 1 fully saturated rings. The summed E-state index contributed by atoms with van der Waals surface area (Å²) in [6, 6.07) is 0. The molecule has 0 aromatic rings. The lowest BCUT2D eigenvalue weighted by molar-refractivity contribution is -0.160. The van der Waals surface area contributed by atoms with Gasteiger partial charge in [-0.2, -0.15) is 0 Å². The molecule has 0 N–H and O–H groups in total. The van der Waals surface area contributed by atoms with Gasteiger partial charge in [-0.3, -0.25) is 4.79 Å². The number of esters is 3. The second-order valence-corrected chi connectivity index (χ2v) is 7.77. The summed E-state index contributed by atoms with van der Waals surface area (Å²) >= 11 is 0. The molecule has 0 spiro atoms. The van der Waals surface area contributed by atoms with E-state index in [0.717, 1.165) is 25.0 Å². The van der Waals surface area contributed by atoms with Crippen molar-refractivity contribution in [3.63, 3.8) is 0 Å². The summed E-state index contributed by atoms with van der Waals surface area (Å²) in [5.41, 5.74) is -0.703. The highest BCUT2D eigenvalue weighted by Gasteiger charge is 2.41. The average Bonchev–Trinajstić information content (AvgIpc) is 3.27. The van der Waals surface area contributed by atoms with Crippen molar-refractivity contribution in [2.24, 2.45) is 23.2 Å². The van der Waals surface area contributed by atoms with Crippen molar-refractivity contribution in [3.05, 3.63) is 37.5 Å². The van der Waals surface area contributed by atoms with Gasteiger partial charge in [-0.15, -0.1) is 0 Å². The highest BCUT2D eigenvalue weighted by Crippen LogP contribution is 2.44. The second kappa shape index (κ2) is 9.02. The van der Waals surface area contributed by atoms with Crippen LogP contribution in [0, 0.1) is 23.2 Å². The van der Waals surface area contributed by atoms with Crippen LogP contribution >= 0.6 is 0 Å². The van der Waals surface area contributed by atoms with E-state index in [-0.39, 0.29) is 31.0 Å². The molecule has 148 valence electrons. The van der Waals surface area contributed by atoms with E-state index in [4.69, 9.17) is 14.2 Å². The zero-order valence-electron chi connectivity index (χ0n) is 16.0. The lowest BCUT2D eigenvalue weighted by Crippen LogP contribution is -2.36. The predicted molar refractivity (Wildman–Crippen MR) is 99.4 cm³/mol. The number of hydrogen-bond acceptors (Lipinski definition) is 6. The van der Waals surface area contributed by atoms with Crippen LogP contribution in [-0.4, -0.2) is 37.2 Å². The van der Waals surface area contributed by atoms with Gasteiger partial charge in [0.05, 0.1) is 12.0 Å². The monoisotopic (exact) mass is 376 g/mol. The van der Waals surface area contributed by atoms with Crippen molar-refractivity contribution in [3.8, 4) is 0 Å². The molecule has 0 radical (unpaired) electrons. The van der Waals surface area contributed by atoms with Gasteiger partial charge in [0.25, 0.3) is 0 Å². The van der Waals surface area contributed by atoms with Gasteiger partial charge in [0, 0.05) is 17.6 Å². The van der Waals surface area contributed by atoms with E-state index in [2.05, 4.69) is 25.3 Å². The Balaban J connectivity index is 1.92. The van der Waals surface area contributed by atoms with Crippen molar-refractivity contribution in [1.29, 1.82) is 0 Å². The summed E-state index contributed by atoms with van der Waals surface area (Å²) < 4.78 is 15.9. The molecule has 27 heavy (non-hydrogen) atoms. The van der Waals surface area contributed by atoms with Gasteiger partial charge in [-0.1, -0.05) is 32.2 Å². The maximum Gasteiger partial charge on any atom is 0.330 e. The fourth-order valence-corrected chi connectivity index (χ4v) is 3.84. The minimum atomic E-state index is -0.703. The van der Waals surface area contributed by atoms with Gasteiger partial charge in [-0.05, 0) is 38.0 Å². The Labute approximate surface area is 160 Å². The summed E-state index contributed by atoms with van der Waals surface area (Å²) in [5, 5.41) is 0. The smallest absolute Gasteiger partial charge is 0.330 e. The number of hydrogen-bond donors (Lipinski definition) is 0. The van der Waals surface area contributed by atoms with Crippen molar-refractivity contribution in [2.75, 3.05) is 13.2 Å². The van der Waals surface area contributed by atoms with Gasteiger partial charge >= 0.3 is 17.9 Å². The molecule has 0 heterocycles. The SMILES string of the molecule is C=CC(=O)OCC(C)(COC(=O)C=C)CC(C)OC(=O)C1CC2C=CC1C2. The number of ether oxygens (including phenoxy) is 3. The third kappa shape index (κ3) is 5.81. The van der Waals surface area contributed by atoms with E-state index in [9.17, 15) is 14.4 Å². The molecule has 2 bridgehead atoms. The quantitative estimate of drug-likeness (QED) is 0.252. The Morgan fingerprint density at radius 2 is 1.70 bits per heavy atom. The van der Waals surface area contributed by atoms with Crippen molar-refractivity contribution in [1.82, 2.24) is 0 Å². The van der Waals surface area contributed by atoms with Crippen molar-refractivity contribution >= 4 is 17.9 Å². The Bertz CT molecular complexity index is 611. The van der Waals surface area contributed by atoms with E-state index in [0.29, 0.717) is 12.3 Å². The lowest BCUT2D eigenvalue weighted by atomic mass is 9.86. The number of carbonyl (C=O) groups excluding carboxylic acids is 3. The second-order valence-electron chi connectivity index (χ2n) is 7.77. The molecule has 4 unspecified atom stereocenters. The Morgan fingerprint density at radius 3 is 2.15 bits per heavy atom. The standard InChI is InChI=1S/C21H28O6/c1-5-18(22)25-12-21(4,13-26-19(23)6-2)11-14(3)27-20(24)17-10-15-7-8-16(17)9-15/h5-8,14-17H,1-2,9-13H2,3-4H3. The minimum absolute atomic E-state index is 0.0149. The highest BCUT2D eigenvalue weighted by molar-refractivity contribution is 5.81. The molecule has 0 amide bonds. The number of rotatable bonds is 10. The molecule has 6 nitrogen and oxygen atoms in total. The normalized spacial score (nSPS) is 24.1. The van der Waals surface area contributed by atoms with Gasteiger partial charge in [-0.25, -0.2) is 9.59 Å². The Kier molecular flexibility index (Phi) is 6.99. The van der Waals surface area contributed by atoms with Crippen LogP contribution in [0.4, 0.5) is 0 Å². The summed E-state index contributed by atoms with van der Waals surface area (Å²) in [5.74, 6) is -0.615. The van der Waals surface area contributed by atoms with E-state index >= 15 is 0 Å². The number of fused-ring (bicyclic) bond motifs is 2. The van der Waals surface area contributed by atoms with Gasteiger partial charge in [0.15, 0.2) is 0 Å². The Morgan fingerprint density at radius 1 is 1.11 bits per heavy atom. The summed E-state index contributed by atoms with van der Waals surface area (Å²) in [4.78, 5) is 35.3. The zero-order valence-corrected chi connectivity index (χ0v) is 16.0. The molecular formula is C21H28O6. The first-order valence-corrected chi connectivity index (χ1v) is 9.23. The Hall–Kier alpha value is -2.37. The lowest BCUT2D eigenvalue weighted by Gasteiger charge is -2.31. The fraction of sp³-hybridized carbons (Fsp3) is 0.571. The van der Waals surface area contributed by atoms with E-state index in [1.807, 2.05) is 6.92 Å². The first kappa shape index (κ1) is 20.9. The predicted octanol–water partition coefficient (Wildman–Crippen LogP) is 2.99. The molecule has 6 heteroatoms. The topological polar surface area (TPSA) is 78.9 Å². The molecule has 4 atom stereocenters. The van der Waals surface area contributed by atoms with Crippen LogP contribution in [0.25, 0.3) is 0 Å². The third-order valence-corrected chi connectivity index (χ3v) is 5.14. The fourth-order valence-electron chi connectivity index (χ4n) is 3.84. The van der Waals surface area contributed by atoms with E-state index in [1.54, 1.807) is 6.92 Å². The van der Waals surface area contributed by atoms with Crippen LogP contribution in [0.15, 0.2) is 37.5 Å². The summed E-state index contributed by atoms with van der Waals surface area (Å²) in [7, 11) is 0. The molecule has 0 aliphatic heterocycles. The van der Waals surface area contributed by atoms with Crippen molar-refractivity contribution in [2.45, 2.75) is 39.2 Å². The molecule has 0 aromatic heterocycles. The first-order valence-electron chi connectivity index (χ1n) is 9.23. The minimum Gasteiger partial charge on any atom is -0.462 e. The molecule has 2 aliphatic rings. The molecule has 2 aliphatic carbocycles. The molecule has 1 saturated carbocycles. The molecule has 0 aromatic carbocycles. The van der Waals surface area contributed by atoms with Crippen molar-refractivity contribution < 1.29 is 28.6 Å². The molecule has 2 rings (SSSR count). The highest BCUT2D eigenvalue weighted by atomic mass is 16.6. The first-order chi connectivity index (χ1) is 12.8. The van der Waals surface area contributed by atoms with Gasteiger partial charge < -0.3 is 14.2 Å². The van der Waals surface area contributed by atoms with Crippen LogP contribution in [0.3, 0.4) is 0 Å². The van der Waals surface area contributed by atoms with Crippen LogP contribution in [-0.2, 0) is 28.6 Å². The summed E-state index contributed by atoms with van der Waals surface area (Å²) in [6.07, 6.45) is 8.28. The molecular weight excluding hydrogens is 348 g/mol. The number of allylic oxidation sites excluding steroid dienone is 2. The average molecular weight is 376 g/mol. The van der Waals surface area contributed by atoms with Crippen LogP contribution in [0.1, 0.15) is 33.1 Å². The summed E-state index contributed by atoms with van der Waals surface area (Å²) in [6.45, 7) is 10.4. The van der Waals surface area contributed by atoms with Crippen LogP contribution in [0.5, 0.6) is 0 Å². The maximum absolute atomic E-state index is 12.5. The maximum atomic E-state index is 12.5. The van der Waals surface area contributed by atoms with Crippen LogP contribution in [0.2, 0.25) is 0 Å². The van der Waals surface area contributed by atoms with E-state index in [1.165, 1.54) is 0 Å². The van der Waals surface area contributed by atoms with Gasteiger partial charge in [0.2, 0.25) is 0 Å². The number of carbonyl (C=O) groups is 3. The zero-order chi connectivity index (χ0) is 20.0. The largest absolute Gasteiger partial charge is 0.462 e. The third-order valence-electron chi connectivity index (χ3n) is 5.14. The van der Waals surface area contributed by atoms with Gasteiger partial charge in [0.1, 0.15) is 13.2 Å².